The Morgan fingerprint density at radius 2 is 1.80 bits per heavy atom. The lowest BCUT2D eigenvalue weighted by atomic mass is 10.1. The highest BCUT2D eigenvalue weighted by Gasteiger charge is 2.38. The molecule has 0 saturated carbocycles. The van der Waals surface area contributed by atoms with Crippen molar-refractivity contribution >= 4 is 72.7 Å². The number of piperazine rings is 1. The number of carbonyl (C=O) groups excluding carboxylic acids is 4. The number of aromatic hydroxyl groups is 1. The minimum absolute atomic E-state index is 0.0204. The van der Waals surface area contributed by atoms with Gasteiger partial charge in [0.15, 0.2) is 5.82 Å². The number of halogens is 2. The highest BCUT2D eigenvalue weighted by atomic mass is 32.2. The number of carbonyl (C=O) groups is 4. The summed E-state index contributed by atoms with van der Waals surface area (Å²) in [6, 6.07) is 6.90. The molecule has 16 nitrogen and oxygen atoms in total. The number of benzene rings is 3. The highest BCUT2D eigenvalue weighted by molar-refractivity contribution is 7.92. The second-order valence-electron chi connectivity index (χ2n) is 12.8. The van der Waals surface area contributed by atoms with E-state index in [1.807, 2.05) is 16.7 Å². The fourth-order valence-corrected chi connectivity index (χ4v) is 8.22. The van der Waals surface area contributed by atoms with Crippen LogP contribution in [0.15, 0.2) is 41.2 Å². The smallest absolute Gasteiger partial charge is 0.329 e. The lowest BCUT2D eigenvalue weighted by Gasteiger charge is -2.41. The maximum Gasteiger partial charge on any atom is 0.329 e. The molecule has 4 N–H and O–H groups in total. The average molecular weight is 727 g/mol. The molecule has 0 radical (unpaired) electrons. The summed E-state index contributed by atoms with van der Waals surface area (Å²) in [6.07, 6.45) is 0.184. The van der Waals surface area contributed by atoms with Gasteiger partial charge in [-0.15, -0.1) is 0 Å². The molecule has 3 aliphatic rings. The molecule has 0 spiro atoms. The van der Waals surface area contributed by atoms with Crippen LogP contribution in [0.1, 0.15) is 25.8 Å². The van der Waals surface area contributed by atoms with Crippen LogP contribution in [-0.2, 0) is 36.4 Å². The molecule has 3 fully saturated rings. The maximum atomic E-state index is 15.7. The van der Waals surface area contributed by atoms with Crippen LogP contribution >= 0.6 is 0 Å². The zero-order valence-electron chi connectivity index (χ0n) is 27.3. The van der Waals surface area contributed by atoms with Gasteiger partial charge < -0.3 is 15.3 Å². The van der Waals surface area contributed by atoms with Crippen molar-refractivity contribution in [1.82, 2.24) is 24.1 Å². The third-order valence-electron chi connectivity index (χ3n) is 9.45. The van der Waals surface area contributed by atoms with Gasteiger partial charge in [0.05, 0.1) is 23.3 Å². The van der Waals surface area contributed by atoms with Gasteiger partial charge >= 0.3 is 15.9 Å². The number of phenols is 1. The molecule has 3 saturated heterocycles. The number of amides is 4. The number of nitrogens with one attached hydrogen (secondary N) is 3. The highest BCUT2D eigenvalue weighted by Crippen LogP contribution is 2.39. The number of piperidine rings is 1. The molecule has 7 rings (SSSR count). The van der Waals surface area contributed by atoms with Gasteiger partial charge in [0.25, 0.3) is 5.91 Å². The number of fused-ring (bicyclic) bond motifs is 2. The molecule has 1 aromatic heterocycles. The van der Waals surface area contributed by atoms with Gasteiger partial charge in [-0.3, -0.25) is 38.5 Å². The molecule has 268 valence electrons. The van der Waals surface area contributed by atoms with E-state index in [1.54, 1.807) is 10.8 Å². The summed E-state index contributed by atoms with van der Waals surface area (Å²) < 4.78 is 60.3. The third-order valence-corrected chi connectivity index (χ3v) is 10.8. The van der Waals surface area contributed by atoms with Crippen molar-refractivity contribution in [3.63, 3.8) is 0 Å². The largest absolute Gasteiger partial charge is 0.506 e. The van der Waals surface area contributed by atoms with Crippen molar-refractivity contribution in [2.75, 3.05) is 47.2 Å². The lowest BCUT2D eigenvalue weighted by Crippen LogP contribution is -2.53. The van der Waals surface area contributed by atoms with Crippen molar-refractivity contribution in [2.24, 2.45) is 7.05 Å². The Balaban J connectivity index is 1.03. The van der Waals surface area contributed by atoms with Crippen molar-refractivity contribution in [3.8, 4) is 5.75 Å². The van der Waals surface area contributed by atoms with Gasteiger partial charge in [0.2, 0.25) is 17.7 Å². The third kappa shape index (κ3) is 5.90. The Labute approximate surface area is 288 Å². The molecule has 19 heteroatoms. The van der Waals surface area contributed by atoms with E-state index in [9.17, 15) is 37.5 Å². The van der Waals surface area contributed by atoms with Gasteiger partial charge in [0.1, 0.15) is 29.8 Å². The van der Waals surface area contributed by atoms with E-state index in [0.717, 1.165) is 6.07 Å². The average Bonchev–Trinajstić information content (AvgIpc) is 3.45. The summed E-state index contributed by atoms with van der Waals surface area (Å²) in [4.78, 5) is 65.7. The lowest BCUT2D eigenvalue weighted by molar-refractivity contribution is -0.135. The van der Waals surface area contributed by atoms with Gasteiger partial charge in [0, 0.05) is 56.3 Å². The Hall–Kier alpha value is -5.56. The van der Waals surface area contributed by atoms with Crippen LogP contribution in [0.5, 0.6) is 5.75 Å². The standard InChI is InChI=1S/C32H32F2N8O8S/c1-16-13-39(7-8-40(16)22-12-23-24(11-20(22)33)42(32(48)38(23)2)21-5-6-26(44)36-31(21)47)14-27(45)35-18-3-4-19-17(9-18)10-25(43)30(29(19)34)41-15-28(46)37-51(41,49)50/h3-4,9-12,16,21,43H,5-8,13-15H2,1-2H3,(H,35,45)(H,37,46)(H,36,44,47)/t16-,21?/m0/s1. The maximum absolute atomic E-state index is 15.7. The summed E-state index contributed by atoms with van der Waals surface area (Å²) in [7, 11) is -2.84. The van der Waals surface area contributed by atoms with Gasteiger partial charge in [-0.1, -0.05) is 0 Å². The van der Waals surface area contributed by atoms with Crippen LogP contribution in [0.25, 0.3) is 21.8 Å². The van der Waals surface area contributed by atoms with E-state index in [-0.39, 0.29) is 53.3 Å². The number of anilines is 3. The van der Waals surface area contributed by atoms with Crippen LogP contribution in [0, 0.1) is 11.6 Å². The molecule has 4 heterocycles. The summed E-state index contributed by atoms with van der Waals surface area (Å²) in [5.41, 5.74) is 0.0348. The SMILES string of the molecule is C[C@H]1CN(CC(=O)Nc2ccc3c(F)c(N4CC(=O)NS4(=O)=O)c(O)cc3c2)CCN1c1cc2c(cc1F)n(C1CCC(=O)NC1=O)c(=O)n2C. The molecule has 51 heavy (non-hydrogen) atoms. The molecule has 1 unspecified atom stereocenters. The first-order chi connectivity index (χ1) is 24.1. The number of imidazole rings is 1. The predicted molar refractivity (Wildman–Crippen MR) is 180 cm³/mol. The molecule has 3 aliphatic heterocycles. The zero-order valence-corrected chi connectivity index (χ0v) is 28.1. The monoisotopic (exact) mass is 726 g/mol. The molecule has 0 bridgehead atoms. The number of rotatable bonds is 6. The fourth-order valence-electron chi connectivity index (χ4n) is 7.06. The number of aromatic nitrogens is 2. The number of hydrogen-bond donors (Lipinski definition) is 4. The van der Waals surface area contributed by atoms with Gasteiger partial charge in [-0.25, -0.2) is 22.6 Å². The Bertz CT molecular complexity index is 2360. The van der Waals surface area contributed by atoms with Crippen LogP contribution in [0.2, 0.25) is 0 Å². The Morgan fingerprint density at radius 1 is 1.04 bits per heavy atom. The van der Waals surface area contributed by atoms with Crippen molar-refractivity contribution in [1.29, 1.82) is 0 Å². The second kappa shape index (κ2) is 12.3. The van der Waals surface area contributed by atoms with E-state index in [1.165, 1.54) is 40.4 Å². The number of phenolic OH excluding ortho intramolecular Hbond substituents is 1. The zero-order chi connectivity index (χ0) is 36.5. The van der Waals surface area contributed by atoms with Crippen molar-refractivity contribution < 1.29 is 41.5 Å². The van der Waals surface area contributed by atoms with E-state index < -0.39 is 69.3 Å². The molecule has 2 atom stereocenters. The first-order valence-corrected chi connectivity index (χ1v) is 17.4. The van der Waals surface area contributed by atoms with Crippen LogP contribution in [-0.4, -0.2) is 90.0 Å². The minimum Gasteiger partial charge on any atom is -0.506 e. The topological polar surface area (TPSA) is 195 Å². The van der Waals surface area contributed by atoms with E-state index in [4.69, 9.17) is 0 Å². The normalized spacial score (nSPS) is 21.0. The van der Waals surface area contributed by atoms with Crippen LogP contribution in [0.3, 0.4) is 0 Å². The molecule has 4 amide bonds. The van der Waals surface area contributed by atoms with E-state index in [2.05, 4.69) is 10.6 Å². The van der Waals surface area contributed by atoms with Crippen LogP contribution in [0.4, 0.5) is 25.8 Å². The fraction of sp³-hybridized carbons (Fsp3) is 0.344. The van der Waals surface area contributed by atoms with Crippen LogP contribution < -0.4 is 30.3 Å². The van der Waals surface area contributed by atoms with Crippen molar-refractivity contribution in [3.05, 3.63) is 58.5 Å². The van der Waals surface area contributed by atoms with Gasteiger partial charge in [-0.05, 0) is 49.1 Å². The Kier molecular flexibility index (Phi) is 8.21. The van der Waals surface area contributed by atoms with E-state index in [0.29, 0.717) is 35.1 Å². The number of hydrogen-bond acceptors (Lipinski definition) is 10. The molecule has 3 aromatic carbocycles. The summed E-state index contributed by atoms with van der Waals surface area (Å²) in [5, 5.41) is 15.6. The minimum atomic E-state index is -4.37. The summed E-state index contributed by atoms with van der Waals surface area (Å²) in [5.74, 6) is -4.66. The van der Waals surface area contributed by atoms with Gasteiger partial charge in [-0.2, -0.15) is 8.42 Å². The molecular weight excluding hydrogens is 694 g/mol. The quantitative estimate of drug-likeness (QED) is 0.206. The second-order valence-corrected chi connectivity index (χ2v) is 14.4. The summed E-state index contributed by atoms with van der Waals surface area (Å²) in [6.45, 7) is 2.29. The number of aryl methyl sites for hydroxylation is 1. The Morgan fingerprint density at radius 3 is 2.49 bits per heavy atom. The molecule has 0 aliphatic carbocycles. The predicted octanol–water partition coefficient (Wildman–Crippen LogP) is 0.785. The molecular formula is C32H32F2N8O8S. The van der Waals surface area contributed by atoms with Crippen molar-refractivity contribution in [2.45, 2.75) is 31.8 Å². The molecule has 4 aromatic rings. The summed E-state index contributed by atoms with van der Waals surface area (Å²) >= 11 is 0. The first-order valence-electron chi connectivity index (χ1n) is 15.9. The number of nitrogens with zero attached hydrogens (tertiary/aromatic N) is 5. The first kappa shape index (κ1) is 33.9. The van der Waals surface area contributed by atoms with E-state index >= 15 is 8.78 Å². The number of imide groups is 1.